The third-order valence-electron chi connectivity index (χ3n) is 2.88. The number of aromatic nitrogens is 1. The Hall–Kier alpha value is -1.96. The van der Waals surface area contributed by atoms with Crippen LogP contribution in [0.2, 0.25) is 0 Å². The van der Waals surface area contributed by atoms with E-state index in [1.165, 1.54) is 12.1 Å². The Morgan fingerprint density at radius 1 is 1.20 bits per heavy atom. The fourth-order valence-corrected chi connectivity index (χ4v) is 2.67. The number of sulfonamides is 1. The average molecular weight is 292 g/mol. The molecular weight excluding hydrogens is 276 g/mol. The van der Waals surface area contributed by atoms with E-state index in [2.05, 4.69) is 15.1 Å². The van der Waals surface area contributed by atoms with Crippen LogP contribution in [0.5, 0.6) is 0 Å². The van der Waals surface area contributed by atoms with Crippen LogP contribution in [-0.4, -0.2) is 13.4 Å². The van der Waals surface area contributed by atoms with E-state index in [1.54, 1.807) is 18.3 Å². The van der Waals surface area contributed by atoms with Crippen molar-refractivity contribution in [2.45, 2.75) is 18.4 Å². The van der Waals surface area contributed by atoms with Crippen molar-refractivity contribution in [1.29, 1.82) is 0 Å². The molecule has 1 heterocycles. The highest BCUT2D eigenvalue weighted by Gasteiger charge is 2.14. The van der Waals surface area contributed by atoms with Gasteiger partial charge in [-0.25, -0.2) is 13.1 Å². The lowest BCUT2D eigenvalue weighted by atomic mass is 10.2. The Bertz CT molecular complexity index is 684. The van der Waals surface area contributed by atoms with Gasteiger partial charge in [0.05, 0.1) is 17.1 Å². The van der Waals surface area contributed by atoms with E-state index < -0.39 is 10.0 Å². The quantitative estimate of drug-likeness (QED) is 0.567. The minimum Gasteiger partial charge on any atom is -0.324 e. The number of nitrogens with two attached hydrogens (primary N) is 1. The zero-order chi connectivity index (χ0) is 14.6. The fraction of sp³-hybridized carbons (Fsp3) is 0.154. The van der Waals surface area contributed by atoms with Crippen LogP contribution in [0, 0.1) is 6.92 Å². The lowest BCUT2D eigenvalue weighted by Crippen LogP contribution is -2.24. The van der Waals surface area contributed by atoms with Gasteiger partial charge in [-0.15, -0.1) is 0 Å². The van der Waals surface area contributed by atoms with Gasteiger partial charge in [-0.3, -0.25) is 10.8 Å². The number of aryl methyl sites for hydroxylation is 1. The number of pyridine rings is 1. The van der Waals surface area contributed by atoms with Crippen molar-refractivity contribution in [2.75, 3.05) is 5.43 Å². The van der Waals surface area contributed by atoms with Crippen LogP contribution < -0.4 is 16.0 Å². The van der Waals surface area contributed by atoms with Gasteiger partial charge in [0, 0.05) is 11.9 Å². The molecule has 0 bridgehead atoms. The van der Waals surface area contributed by atoms with E-state index >= 15 is 0 Å². The average Bonchev–Trinajstić information content (AvgIpc) is 2.46. The lowest BCUT2D eigenvalue weighted by Gasteiger charge is -2.08. The van der Waals surface area contributed by atoms with Crippen LogP contribution in [0.4, 0.5) is 5.69 Å². The summed E-state index contributed by atoms with van der Waals surface area (Å²) in [5.74, 6) is 5.24. The number of nitrogens with zero attached hydrogens (tertiary/aromatic N) is 1. The van der Waals surface area contributed by atoms with Gasteiger partial charge in [0.15, 0.2) is 0 Å². The van der Waals surface area contributed by atoms with E-state index in [0.29, 0.717) is 11.4 Å². The van der Waals surface area contributed by atoms with Crippen LogP contribution >= 0.6 is 0 Å². The van der Waals surface area contributed by atoms with Crippen LogP contribution in [-0.2, 0) is 16.6 Å². The smallest absolute Gasteiger partial charge is 0.240 e. The van der Waals surface area contributed by atoms with Crippen molar-refractivity contribution in [2.24, 2.45) is 5.84 Å². The van der Waals surface area contributed by atoms with Crippen LogP contribution in [0.1, 0.15) is 11.3 Å². The normalized spacial score (nSPS) is 11.3. The van der Waals surface area contributed by atoms with Crippen LogP contribution in [0.15, 0.2) is 47.5 Å². The van der Waals surface area contributed by atoms with Gasteiger partial charge in [0.25, 0.3) is 0 Å². The minimum absolute atomic E-state index is 0.159. The summed E-state index contributed by atoms with van der Waals surface area (Å²) in [5.41, 5.74) is 4.74. The molecule has 0 fully saturated rings. The monoisotopic (exact) mass is 292 g/mol. The van der Waals surface area contributed by atoms with Crippen molar-refractivity contribution >= 4 is 15.7 Å². The molecule has 0 radical (unpaired) electrons. The number of hydrazine groups is 1. The molecule has 0 saturated carbocycles. The highest BCUT2D eigenvalue weighted by atomic mass is 32.2. The molecule has 0 aliphatic carbocycles. The van der Waals surface area contributed by atoms with E-state index in [9.17, 15) is 8.42 Å². The predicted molar refractivity (Wildman–Crippen MR) is 77.3 cm³/mol. The number of hydrogen-bond donors (Lipinski definition) is 3. The molecule has 0 aliphatic heterocycles. The van der Waals surface area contributed by atoms with Gasteiger partial charge in [0.2, 0.25) is 10.0 Å². The zero-order valence-corrected chi connectivity index (χ0v) is 11.8. The molecule has 20 heavy (non-hydrogen) atoms. The maximum absolute atomic E-state index is 12.1. The molecule has 0 atom stereocenters. The second kappa shape index (κ2) is 6.00. The third-order valence-corrected chi connectivity index (χ3v) is 4.30. The summed E-state index contributed by atoms with van der Waals surface area (Å²) in [5, 5.41) is 0. The highest BCUT2D eigenvalue weighted by molar-refractivity contribution is 7.89. The second-order valence-corrected chi connectivity index (χ2v) is 6.03. The van der Waals surface area contributed by atoms with Crippen LogP contribution in [0.3, 0.4) is 0 Å². The highest BCUT2D eigenvalue weighted by Crippen LogP contribution is 2.13. The summed E-state index contributed by atoms with van der Waals surface area (Å²) in [4.78, 5) is 4.33. The maximum Gasteiger partial charge on any atom is 0.240 e. The van der Waals surface area contributed by atoms with E-state index in [1.807, 2.05) is 19.1 Å². The molecule has 7 heteroatoms. The molecular formula is C13H16N4O2S. The SMILES string of the molecule is Cc1cccnc1CNS(=O)(=O)c1ccc(NN)cc1. The fourth-order valence-electron chi connectivity index (χ4n) is 1.68. The summed E-state index contributed by atoms with van der Waals surface area (Å²) in [6, 6.07) is 9.87. The first kappa shape index (κ1) is 14.4. The molecule has 2 aromatic rings. The van der Waals surface area contributed by atoms with E-state index in [-0.39, 0.29) is 11.4 Å². The predicted octanol–water partition coefficient (Wildman–Crippen LogP) is 1.15. The van der Waals surface area contributed by atoms with Gasteiger partial charge in [-0.2, -0.15) is 0 Å². The Morgan fingerprint density at radius 3 is 2.50 bits per heavy atom. The first-order valence-electron chi connectivity index (χ1n) is 6.00. The Kier molecular flexibility index (Phi) is 4.33. The lowest BCUT2D eigenvalue weighted by molar-refractivity contribution is 0.580. The van der Waals surface area contributed by atoms with Crippen molar-refractivity contribution in [3.8, 4) is 0 Å². The molecule has 0 amide bonds. The number of hydrogen-bond acceptors (Lipinski definition) is 5. The molecule has 6 nitrogen and oxygen atoms in total. The molecule has 0 aliphatic rings. The van der Waals surface area contributed by atoms with Gasteiger partial charge in [-0.05, 0) is 42.8 Å². The first-order chi connectivity index (χ1) is 9.53. The summed E-state index contributed by atoms with van der Waals surface area (Å²) in [6.07, 6.45) is 1.64. The van der Waals surface area contributed by atoms with Crippen LogP contribution in [0.25, 0.3) is 0 Å². The first-order valence-corrected chi connectivity index (χ1v) is 7.48. The number of benzene rings is 1. The molecule has 0 spiro atoms. The summed E-state index contributed by atoms with van der Waals surface area (Å²) < 4.78 is 26.8. The zero-order valence-electron chi connectivity index (χ0n) is 11.0. The summed E-state index contributed by atoms with van der Waals surface area (Å²) in [6.45, 7) is 2.05. The molecule has 1 aromatic heterocycles. The van der Waals surface area contributed by atoms with Crippen molar-refractivity contribution < 1.29 is 8.42 Å². The number of nitrogens with one attached hydrogen (secondary N) is 2. The van der Waals surface area contributed by atoms with Crippen molar-refractivity contribution in [3.05, 3.63) is 53.9 Å². The molecule has 0 saturated heterocycles. The number of anilines is 1. The van der Waals surface area contributed by atoms with Gasteiger partial charge < -0.3 is 5.43 Å². The van der Waals surface area contributed by atoms with Crippen molar-refractivity contribution in [3.63, 3.8) is 0 Å². The topological polar surface area (TPSA) is 97.1 Å². The Morgan fingerprint density at radius 2 is 1.90 bits per heavy atom. The van der Waals surface area contributed by atoms with Gasteiger partial charge >= 0.3 is 0 Å². The molecule has 1 aromatic carbocycles. The maximum atomic E-state index is 12.1. The largest absolute Gasteiger partial charge is 0.324 e. The second-order valence-electron chi connectivity index (χ2n) is 4.26. The van der Waals surface area contributed by atoms with Gasteiger partial charge in [-0.1, -0.05) is 6.07 Å². The van der Waals surface area contributed by atoms with E-state index in [0.717, 1.165) is 5.56 Å². The Balaban J connectivity index is 2.13. The van der Waals surface area contributed by atoms with Gasteiger partial charge in [0.1, 0.15) is 0 Å². The standard InChI is InChI=1S/C13H16N4O2S/c1-10-3-2-8-15-13(10)9-16-20(18,19)12-6-4-11(17-14)5-7-12/h2-8,16-17H,9,14H2,1H3. The molecule has 106 valence electrons. The number of rotatable bonds is 5. The number of nitrogen functional groups attached to an aromatic ring is 1. The van der Waals surface area contributed by atoms with E-state index in [4.69, 9.17) is 5.84 Å². The third kappa shape index (κ3) is 3.32. The summed E-state index contributed by atoms with van der Waals surface area (Å²) in [7, 11) is -3.56. The molecule has 4 N–H and O–H groups in total. The Labute approximate surface area is 118 Å². The summed E-state index contributed by atoms with van der Waals surface area (Å²) >= 11 is 0. The van der Waals surface area contributed by atoms with Crippen molar-refractivity contribution in [1.82, 2.24) is 9.71 Å². The minimum atomic E-state index is -3.56. The molecule has 0 unspecified atom stereocenters. The molecule has 2 rings (SSSR count).